The van der Waals surface area contributed by atoms with Gasteiger partial charge in [0.2, 0.25) is 0 Å². The Kier molecular flexibility index (Phi) is 4.39. The average molecular weight is 368 g/mol. The van der Waals surface area contributed by atoms with E-state index in [1.54, 1.807) is 30.2 Å². The fourth-order valence-electron chi connectivity index (χ4n) is 3.48. The molecule has 140 valence electrons. The molecule has 0 bridgehead atoms. The van der Waals surface area contributed by atoms with Crippen LogP contribution < -0.4 is 14.8 Å². The first-order valence-corrected chi connectivity index (χ1v) is 8.81. The summed E-state index contributed by atoms with van der Waals surface area (Å²) in [5.74, 6) is 0.840. The van der Waals surface area contributed by atoms with Crippen LogP contribution in [0.15, 0.2) is 36.8 Å². The lowest BCUT2D eigenvalue weighted by Crippen LogP contribution is -2.54. The Hall–Kier alpha value is -3.16. The molecule has 8 nitrogen and oxygen atoms in total. The fraction of sp³-hybridized carbons (Fsp3) is 0.368. The number of nitrogens with one attached hydrogen (secondary N) is 1. The van der Waals surface area contributed by atoms with Crippen molar-refractivity contribution in [3.63, 3.8) is 0 Å². The predicted molar refractivity (Wildman–Crippen MR) is 95.9 cm³/mol. The average Bonchev–Trinajstić information content (AvgIpc) is 2.85. The number of ether oxygens (including phenoxy) is 2. The second-order valence-corrected chi connectivity index (χ2v) is 6.71. The normalized spacial score (nSPS) is 18.1. The molecule has 1 N–H and O–H groups in total. The summed E-state index contributed by atoms with van der Waals surface area (Å²) in [5.41, 5.74) is 0.274. The minimum atomic E-state index is -0.549. The summed E-state index contributed by atoms with van der Waals surface area (Å²) in [6.45, 7) is 1.44. The number of fused-ring (bicyclic) bond motifs is 1. The molecule has 0 aliphatic carbocycles. The van der Waals surface area contributed by atoms with Crippen molar-refractivity contribution >= 4 is 11.8 Å². The molecule has 3 heterocycles. The quantitative estimate of drug-likeness (QED) is 0.858. The third-order valence-electron chi connectivity index (χ3n) is 5.08. The number of carbonyl (C=O) groups is 2. The number of likely N-dealkylation sites (tertiary alicyclic amines) is 1. The molecule has 0 radical (unpaired) electrons. The van der Waals surface area contributed by atoms with Crippen molar-refractivity contribution in [2.75, 3.05) is 26.7 Å². The van der Waals surface area contributed by atoms with Gasteiger partial charge in [-0.25, -0.2) is 4.98 Å². The maximum Gasteiger partial charge on any atom is 0.274 e. The molecule has 0 atom stereocenters. The van der Waals surface area contributed by atoms with Gasteiger partial charge in [0.25, 0.3) is 11.8 Å². The van der Waals surface area contributed by atoms with Crippen LogP contribution in [0.2, 0.25) is 0 Å². The minimum absolute atomic E-state index is 0.141. The van der Waals surface area contributed by atoms with Gasteiger partial charge in [-0.1, -0.05) is 0 Å². The number of rotatable bonds is 2. The zero-order chi connectivity index (χ0) is 18.9. The van der Waals surface area contributed by atoms with Gasteiger partial charge in [-0.2, -0.15) is 0 Å². The van der Waals surface area contributed by atoms with Gasteiger partial charge in [0.15, 0.2) is 0 Å². The second kappa shape index (κ2) is 6.86. The summed E-state index contributed by atoms with van der Waals surface area (Å²) < 4.78 is 11.6. The zero-order valence-corrected chi connectivity index (χ0v) is 15.0. The molecule has 2 amide bonds. The van der Waals surface area contributed by atoms with E-state index in [1.807, 2.05) is 0 Å². The van der Waals surface area contributed by atoms with E-state index >= 15 is 0 Å². The van der Waals surface area contributed by atoms with Crippen LogP contribution in [0.1, 0.15) is 33.7 Å². The van der Waals surface area contributed by atoms with Gasteiger partial charge >= 0.3 is 0 Å². The van der Waals surface area contributed by atoms with Crippen molar-refractivity contribution in [2.24, 2.45) is 0 Å². The van der Waals surface area contributed by atoms with E-state index in [-0.39, 0.29) is 11.8 Å². The SMILES string of the molecule is COc1ccc2c(c1)OC1(CCN(C(=O)c3cnccn3)CC1)CNC2=O. The molecule has 27 heavy (non-hydrogen) atoms. The van der Waals surface area contributed by atoms with Crippen molar-refractivity contribution in [3.05, 3.63) is 48.0 Å². The van der Waals surface area contributed by atoms with E-state index in [4.69, 9.17) is 9.47 Å². The topological polar surface area (TPSA) is 93.7 Å². The number of methoxy groups -OCH3 is 1. The number of hydrogen-bond donors (Lipinski definition) is 1. The summed E-state index contributed by atoms with van der Waals surface area (Å²) in [6.07, 6.45) is 5.73. The number of carbonyl (C=O) groups excluding carboxylic acids is 2. The number of aromatic nitrogens is 2. The van der Waals surface area contributed by atoms with E-state index in [0.717, 1.165) is 0 Å². The van der Waals surface area contributed by atoms with Crippen LogP contribution >= 0.6 is 0 Å². The van der Waals surface area contributed by atoms with Crippen LogP contribution in [0.4, 0.5) is 0 Å². The molecule has 2 aliphatic rings. The molecule has 2 aromatic rings. The fourth-order valence-corrected chi connectivity index (χ4v) is 3.48. The van der Waals surface area contributed by atoms with Crippen molar-refractivity contribution in [3.8, 4) is 11.5 Å². The molecule has 8 heteroatoms. The highest BCUT2D eigenvalue weighted by Gasteiger charge is 2.41. The maximum atomic E-state index is 12.6. The molecule has 1 aromatic heterocycles. The lowest BCUT2D eigenvalue weighted by Gasteiger charge is -2.41. The van der Waals surface area contributed by atoms with Crippen LogP contribution in [0, 0.1) is 0 Å². The Morgan fingerprint density at radius 2 is 2.11 bits per heavy atom. The minimum Gasteiger partial charge on any atom is -0.497 e. The Balaban J connectivity index is 1.52. The number of benzene rings is 1. The summed E-state index contributed by atoms with van der Waals surface area (Å²) in [5, 5.41) is 2.94. The van der Waals surface area contributed by atoms with E-state index in [0.29, 0.717) is 55.2 Å². The molecule has 1 spiro atoms. The molecule has 1 aromatic carbocycles. The Morgan fingerprint density at radius 1 is 1.30 bits per heavy atom. The first kappa shape index (κ1) is 17.3. The lowest BCUT2D eigenvalue weighted by atomic mass is 9.90. The first-order chi connectivity index (χ1) is 13.1. The van der Waals surface area contributed by atoms with Crippen molar-refractivity contribution in [1.29, 1.82) is 0 Å². The van der Waals surface area contributed by atoms with Crippen LogP contribution in [0.3, 0.4) is 0 Å². The largest absolute Gasteiger partial charge is 0.497 e. The molecule has 1 saturated heterocycles. The highest BCUT2D eigenvalue weighted by molar-refractivity contribution is 5.97. The smallest absolute Gasteiger partial charge is 0.274 e. The number of nitrogens with zero attached hydrogens (tertiary/aromatic N) is 3. The standard InChI is InChI=1S/C19H20N4O4/c1-26-13-2-3-14-16(10-13)27-19(12-22-17(14)24)4-8-23(9-5-19)18(25)15-11-20-6-7-21-15/h2-3,6-7,10-11H,4-5,8-9,12H2,1H3,(H,22,24). The van der Waals surface area contributed by atoms with E-state index in [2.05, 4.69) is 15.3 Å². The molecule has 0 unspecified atom stereocenters. The van der Waals surface area contributed by atoms with Crippen molar-refractivity contribution in [2.45, 2.75) is 18.4 Å². The monoisotopic (exact) mass is 368 g/mol. The van der Waals surface area contributed by atoms with Gasteiger partial charge in [0.05, 0.1) is 25.4 Å². The summed E-state index contributed by atoms with van der Waals surface area (Å²) in [7, 11) is 1.57. The molecular formula is C19H20N4O4. The zero-order valence-electron chi connectivity index (χ0n) is 15.0. The van der Waals surface area contributed by atoms with Crippen molar-refractivity contribution in [1.82, 2.24) is 20.2 Å². The number of hydrogen-bond acceptors (Lipinski definition) is 6. The molecule has 2 aliphatic heterocycles. The predicted octanol–water partition coefficient (Wildman–Crippen LogP) is 1.28. The number of piperidine rings is 1. The van der Waals surface area contributed by atoms with Gasteiger partial charge in [-0.05, 0) is 12.1 Å². The van der Waals surface area contributed by atoms with E-state index in [9.17, 15) is 9.59 Å². The maximum absolute atomic E-state index is 12.6. The molecule has 4 rings (SSSR count). The Labute approximate surface area is 156 Å². The Bertz CT molecular complexity index is 863. The van der Waals surface area contributed by atoms with Crippen molar-refractivity contribution < 1.29 is 19.1 Å². The summed E-state index contributed by atoms with van der Waals surface area (Å²) >= 11 is 0. The van der Waals surface area contributed by atoms with Gasteiger partial charge in [-0.3, -0.25) is 14.6 Å². The van der Waals surface area contributed by atoms with Gasteiger partial charge in [0.1, 0.15) is 22.8 Å². The Morgan fingerprint density at radius 3 is 2.81 bits per heavy atom. The van der Waals surface area contributed by atoms with E-state index < -0.39 is 5.60 Å². The van der Waals surface area contributed by atoms with Gasteiger partial charge < -0.3 is 19.7 Å². The highest BCUT2D eigenvalue weighted by Crippen LogP contribution is 2.35. The first-order valence-electron chi connectivity index (χ1n) is 8.81. The van der Waals surface area contributed by atoms with Crippen LogP contribution in [-0.4, -0.2) is 59.0 Å². The van der Waals surface area contributed by atoms with Crippen LogP contribution in [0.25, 0.3) is 0 Å². The summed E-state index contributed by atoms with van der Waals surface area (Å²) in [4.78, 5) is 34.7. The number of amides is 2. The van der Waals surface area contributed by atoms with Gasteiger partial charge in [0, 0.05) is 44.4 Å². The second-order valence-electron chi connectivity index (χ2n) is 6.71. The third kappa shape index (κ3) is 3.30. The molecular weight excluding hydrogens is 348 g/mol. The van der Waals surface area contributed by atoms with Crippen LogP contribution in [-0.2, 0) is 0 Å². The van der Waals surface area contributed by atoms with E-state index in [1.165, 1.54) is 18.6 Å². The lowest BCUT2D eigenvalue weighted by molar-refractivity contribution is 0.00741. The molecule has 1 fully saturated rings. The van der Waals surface area contributed by atoms with Crippen LogP contribution in [0.5, 0.6) is 11.5 Å². The highest BCUT2D eigenvalue weighted by atomic mass is 16.5. The van der Waals surface area contributed by atoms with Gasteiger partial charge in [-0.15, -0.1) is 0 Å². The third-order valence-corrected chi connectivity index (χ3v) is 5.08. The summed E-state index contributed by atoms with van der Waals surface area (Å²) in [6, 6.07) is 5.18. The molecule has 0 saturated carbocycles.